The van der Waals surface area contributed by atoms with Crippen molar-refractivity contribution in [3.63, 3.8) is 0 Å². The third kappa shape index (κ3) is 3.37. The predicted molar refractivity (Wildman–Crippen MR) is 104 cm³/mol. The van der Waals surface area contributed by atoms with E-state index in [4.69, 9.17) is 4.42 Å². The van der Waals surface area contributed by atoms with Gasteiger partial charge in [0.15, 0.2) is 5.76 Å². The molecule has 6 heteroatoms. The number of aromatic nitrogens is 2. The van der Waals surface area contributed by atoms with Crippen LogP contribution in [0, 0.1) is 11.3 Å². The fraction of sp³-hybridized carbons (Fsp3) is 0. The first-order valence-corrected chi connectivity index (χ1v) is 8.54. The molecule has 0 aliphatic carbocycles. The van der Waals surface area contributed by atoms with Crippen molar-refractivity contribution in [3.05, 3.63) is 90.4 Å². The van der Waals surface area contributed by atoms with E-state index in [2.05, 4.69) is 21.4 Å². The van der Waals surface area contributed by atoms with E-state index in [9.17, 15) is 10.1 Å². The number of carbonyl (C=O) groups excluding carboxylic acids is 1. The lowest BCUT2D eigenvalue weighted by Gasteiger charge is -2.12. The van der Waals surface area contributed by atoms with E-state index in [0.717, 1.165) is 11.1 Å². The Morgan fingerprint density at radius 2 is 1.43 bits per heavy atom. The minimum atomic E-state index is -0.465. The van der Waals surface area contributed by atoms with Crippen LogP contribution in [-0.4, -0.2) is 15.9 Å². The SMILES string of the molecule is N#Cc1c(-c2ccccc2)nc(NC(=O)c2ccco2)nc1-c1ccccc1. The molecule has 0 spiro atoms. The number of rotatable bonds is 4. The molecule has 4 rings (SSSR count). The number of nitrogens with zero attached hydrogens (tertiary/aromatic N) is 3. The fourth-order valence-corrected chi connectivity index (χ4v) is 2.80. The van der Waals surface area contributed by atoms with Gasteiger partial charge in [-0.2, -0.15) is 5.26 Å². The van der Waals surface area contributed by atoms with E-state index in [1.54, 1.807) is 12.1 Å². The quantitative estimate of drug-likeness (QED) is 0.573. The van der Waals surface area contributed by atoms with Gasteiger partial charge in [0, 0.05) is 11.1 Å². The number of nitriles is 1. The molecule has 2 aromatic heterocycles. The van der Waals surface area contributed by atoms with Crippen LogP contribution in [0.25, 0.3) is 22.5 Å². The van der Waals surface area contributed by atoms with Gasteiger partial charge >= 0.3 is 0 Å². The summed E-state index contributed by atoms with van der Waals surface area (Å²) in [7, 11) is 0. The van der Waals surface area contributed by atoms with Crippen molar-refractivity contribution in [1.82, 2.24) is 9.97 Å². The summed E-state index contributed by atoms with van der Waals surface area (Å²) in [5.74, 6) is -0.221. The average molecular weight is 366 g/mol. The van der Waals surface area contributed by atoms with Crippen LogP contribution in [-0.2, 0) is 0 Å². The van der Waals surface area contributed by atoms with Crippen LogP contribution < -0.4 is 5.32 Å². The van der Waals surface area contributed by atoms with E-state index in [-0.39, 0.29) is 11.7 Å². The number of hydrogen-bond acceptors (Lipinski definition) is 5. The highest BCUT2D eigenvalue weighted by Crippen LogP contribution is 2.30. The lowest BCUT2D eigenvalue weighted by molar-refractivity contribution is 0.0996. The Bertz CT molecular complexity index is 1090. The molecule has 0 saturated heterocycles. The number of nitrogens with one attached hydrogen (secondary N) is 1. The smallest absolute Gasteiger partial charge is 0.293 e. The van der Waals surface area contributed by atoms with Crippen LogP contribution in [0.3, 0.4) is 0 Å². The second-order valence-electron chi connectivity index (χ2n) is 5.89. The van der Waals surface area contributed by atoms with E-state index >= 15 is 0 Å². The summed E-state index contributed by atoms with van der Waals surface area (Å²) in [4.78, 5) is 21.3. The first-order chi connectivity index (χ1) is 13.8. The number of hydrogen-bond donors (Lipinski definition) is 1. The van der Waals surface area contributed by atoms with Crippen molar-refractivity contribution in [2.45, 2.75) is 0 Å². The Labute approximate surface area is 161 Å². The van der Waals surface area contributed by atoms with Crippen LogP contribution in [0.1, 0.15) is 16.1 Å². The average Bonchev–Trinajstić information content (AvgIpc) is 3.29. The van der Waals surface area contributed by atoms with Crippen molar-refractivity contribution in [2.75, 3.05) is 5.32 Å². The second-order valence-corrected chi connectivity index (χ2v) is 5.89. The number of amides is 1. The highest BCUT2D eigenvalue weighted by Gasteiger charge is 2.19. The Kier molecular flexibility index (Phi) is 4.64. The summed E-state index contributed by atoms with van der Waals surface area (Å²) in [6.45, 7) is 0. The van der Waals surface area contributed by atoms with E-state index in [1.807, 2.05) is 60.7 Å². The molecule has 6 nitrogen and oxygen atoms in total. The molecule has 1 amide bonds. The number of benzene rings is 2. The van der Waals surface area contributed by atoms with Gasteiger partial charge in [0.05, 0.1) is 17.7 Å². The van der Waals surface area contributed by atoms with Gasteiger partial charge in [0.2, 0.25) is 5.95 Å². The lowest BCUT2D eigenvalue weighted by Crippen LogP contribution is -2.14. The summed E-state index contributed by atoms with van der Waals surface area (Å²) in [6.07, 6.45) is 1.42. The molecule has 4 aromatic rings. The fourth-order valence-electron chi connectivity index (χ4n) is 2.80. The van der Waals surface area contributed by atoms with Crippen LogP contribution >= 0.6 is 0 Å². The largest absolute Gasteiger partial charge is 0.459 e. The number of furan rings is 1. The molecule has 0 bridgehead atoms. The van der Waals surface area contributed by atoms with Crippen molar-refractivity contribution in [3.8, 4) is 28.6 Å². The maximum atomic E-state index is 12.4. The van der Waals surface area contributed by atoms with Gasteiger partial charge in [-0.25, -0.2) is 9.97 Å². The topological polar surface area (TPSA) is 91.8 Å². The maximum Gasteiger partial charge on any atom is 0.293 e. The Balaban J connectivity index is 1.88. The molecule has 0 saturated carbocycles. The molecule has 0 aliphatic rings. The number of anilines is 1. The van der Waals surface area contributed by atoms with Gasteiger partial charge < -0.3 is 4.42 Å². The lowest BCUT2D eigenvalue weighted by atomic mass is 10.0. The van der Waals surface area contributed by atoms with E-state index in [0.29, 0.717) is 17.0 Å². The highest BCUT2D eigenvalue weighted by atomic mass is 16.3. The summed E-state index contributed by atoms with van der Waals surface area (Å²) in [5, 5.41) is 12.5. The summed E-state index contributed by atoms with van der Waals surface area (Å²) >= 11 is 0. The van der Waals surface area contributed by atoms with Gasteiger partial charge in [0.1, 0.15) is 11.6 Å². The normalized spacial score (nSPS) is 10.2. The molecule has 2 aromatic carbocycles. The summed E-state index contributed by atoms with van der Waals surface area (Å²) < 4.78 is 5.12. The molecular formula is C22H14N4O2. The monoisotopic (exact) mass is 366 g/mol. The first-order valence-electron chi connectivity index (χ1n) is 8.54. The first kappa shape index (κ1) is 17.2. The van der Waals surface area contributed by atoms with Crippen LogP contribution in [0.15, 0.2) is 83.5 Å². The minimum absolute atomic E-state index is 0.0955. The maximum absolute atomic E-state index is 12.4. The number of carbonyl (C=O) groups is 1. The molecule has 0 aliphatic heterocycles. The van der Waals surface area contributed by atoms with Gasteiger partial charge in [-0.1, -0.05) is 60.7 Å². The van der Waals surface area contributed by atoms with Crippen molar-refractivity contribution in [2.24, 2.45) is 0 Å². The molecule has 0 radical (unpaired) electrons. The molecule has 2 heterocycles. The van der Waals surface area contributed by atoms with Gasteiger partial charge in [-0.05, 0) is 12.1 Å². The van der Waals surface area contributed by atoms with Crippen LogP contribution in [0.4, 0.5) is 5.95 Å². The van der Waals surface area contributed by atoms with Gasteiger partial charge in [-0.3, -0.25) is 10.1 Å². The standard InChI is InChI=1S/C22H14N4O2/c23-14-17-19(15-8-3-1-4-9-15)24-22(26-21(27)18-12-7-13-28-18)25-20(17)16-10-5-2-6-11-16/h1-13H,(H,24,25,26,27). The van der Waals surface area contributed by atoms with Gasteiger partial charge in [-0.15, -0.1) is 0 Å². The zero-order chi connectivity index (χ0) is 19.3. The van der Waals surface area contributed by atoms with E-state index < -0.39 is 5.91 Å². The molecular weight excluding hydrogens is 352 g/mol. The van der Waals surface area contributed by atoms with Crippen molar-refractivity contribution in [1.29, 1.82) is 5.26 Å². The Hall–Kier alpha value is -4.24. The zero-order valence-electron chi connectivity index (χ0n) is 14.7. The highest BCUT2D eigenvalue weighted by molar-refractivity contribution is 6.01. The molecule has 134 valence electrons. The third-order valence-electron chi connectivity index (χ3n) is 4.09. The summed E-state index contributed by atoms with van der Waals surface area (Å²) in [5.41, 5.74) is 2.76. The zero-order valence-corrected chi connectivity index (χ0v) is 14.7. The van der Waals surface area contributed by atoms with Crippen LogP contribution in [0.2, 0.25) is 0 Å². The second kappa shape index (κ2) is 7.56. The molecule has 0 atom stereocenters. The van der Waals surface area contributed by atoms with E-state index in [1.165, 1.54) is 6.26 Å². The van der Waals surface area contributed by atoms with Crippen molar-refractivity contribution >= 4 is 11.9 Å². The Morgan fingerprint density at radius 3 is 1.89 bits per heavy atom. The molecule has 0 fully saturated rings. The third-order valence-corrected chi connectivity index (χ3v) is 4.09. The molecule has 0 unspecified atom stereocenters. The van der Waals surface area contributed by atoms with Crippen molar-refractivity contribution < 1.29 is 9.21 Å². The summed E-state index contributed by atoms with van der Waals surface area (Å²) in [6, 6.07) is 24.0. The van der Waals surface area contributed by atoms with Gasteiger partial charge in [0.25, 0.3) is 5.91 Å². The van der Waals surface area contributed by atoms with Crippen LogP contribution in [0.5, 0.6) is 0 Å². The molecule has 28 heavy (non-hydrogen) atoms. The molecule has 1 N–H and O–H groups in total. The minimum Gasteiger partial charge on any atom is -0.459 e. The predicted octanol–water partition coefficient (Wildman–Crippen LogP) is 4.53. The Morgan fingerprint density at radius 1 is 0.857 bits per heavy atom.